The van der Waals surface area contributed by atoms with E-state index in [9.17, 15) is 18.0 Å². The quantitative estimate of drug-likeness (QED) is 0.376. The topological polar surface area (TPSA) is 59.3 Å². The van der Waals surface area contributed by atoms with Crippen LogP contribution in [0.3, 0.4) is 0 Å². The van der Waals surface area contributed by atoms with Crippen LogP contribution in [0, 0.1) is 5.92 Å². The number of halogens is 7. The van der Waals surface area contributed by atoms with Gasteiger partial charge in [0.15, 0.2) is 11.5 Å². The molecule has 0 saturated carbocycles. The largest absolute Gasteiger partial charge is 0.435 e. The minimum Gasteiger partial charge on any atom is -0.351 e. The molecule has 5 nitrogen and oxygen atoms in total. The third-order valence-electron chi connectivity index (χ3n) is 5.35. The van der Waals surface area contributed by atoms with Crippen molar-refractivity contribution < 1.29 is 18.0 Å². The zero-order valence-electron chi connectivity index (χ0n) is 17.3. The van der Waals surface area contributed by atoms with Crippen molar-refractivity contribution in [2.75, 3.05) is 0 Å². The normalized spacial score (nSPS) is 17.8. The van der Waals surface area contributed by atoms with Crippen molar-refractivity contribution in [3.8, 4) is 0 Å². The van der Waals surface area contributed by atoms with E-state index in [0.29, 0.717) is 26.9 Å². The van der Waals surface area contributed by atoms with Crippen LogP contribution in [-0.4, -0.2) is 21.4 Å². The van der Waals surface area contributed by atoms with Gasteiger partial charge in [-0.1, -0.05) is 58.5 Å². The average molecular weight is 550 g/mol. The lowest BCUT2D eigenvalue weighted by Gasteiger charge is -2.31. The fraction of sp³-hybridized carbons (Fsp3) is 0.227. The summed E-state index contributed by atoms with van der Waals surface area (Å²) in [5.41, 5.74) is 0.361. The first-order chi connectivity index (χ1) is 16.0. The second kappa shape index (κ2) is 9.41. The molecule has 0 saturated heterocycles. The summed E-state index contributed by atoms with van der Waals surface area (Å²) in [6.07, 6.45) is -4.68. The number of nitrogens with zero attached hydrogens (tertiary/aromatic N) is 3. The number of aliphatic imine (C=N–C) groups is 1. The molecule has 1 amide bonds. The Morgan fingerprint density at radius 2 is 1.65 bits per heavy atom. The molecule has 2 atom stereocenters. The number of benzene rings is 2. The molecule has 0 spiro atoms. The molecule has 0 fully saturated rings. The number of amides is 1. The molecule has 12 heteroatoms. The molecule has 2 aromatic carbocycles. The Balaban J connectivity index is 1.73. The fourth-order valence-electron chi connectivity index (χ4n) is 3.74. The molecule has 0 aliphatic carbocycles. The highest BCUT2D eigenvalue weighted by molar-refractivity contribution is 6.42. The van der Waals surface area contributed by atoms with E-state index < -0.39 is 29.7 Å². The Hall–Kier alpha value is -2.26. The standard InChI is InChI=1S/C22H15Cl4F3N4O/c1-10-19(21(34)30-9-11-2-4-13(23)15(25)6-11)20(12-3-5-14(24)16(26)7-12)33-18(31-10)8-17(32-33)22(27,28)29/h2-8,19-20H,9H2,1H3,(H,30,34). The fourth-order valence-corrected chi connectivity index (χ4v) is 4.37. The predicted molar refractivity (Wildman–Crippen MR) is 126 cm³/mol. The number of carbonyl (C=O) groups excluding carboxylic acids is 1. The van der Waals surface area contributed by atoms with Crippen LogP contribution >= 0.6 is 46.4 Å². The van der Waals surface area contributed by atoms with Gasteiger partial charge in [-0.15, -0.1) is 0 Å². The van der Waals surface area contributed by atoms with E-state index in [1.807, 2.05) is 0 Å². The molecule has 2 unspecified atom stereocenters. The molecule has 0 radical (unpaired) electrons. The van der Waals surface area contributed by atoms with Crippen LogP contribution < -0.4 is 5.32 Å². The molecule has 2 heterocycles. The van der Waals surface area contributed by atoms with E-state index in [1.54, 1.807) is 31.2 Å². The first kappa shape index (κ1) is 24.9. The van der Waals surface area contributed by atoms with E-state index in [2.05, 4.69) is 15.4 Å². The number of carbonyl (C=O) groups is 1. The summed E-state index contributed by atoms with van der Waals surface area (Å²) in [4.78, 5) is 17.5. The van der Waals surface area contributed by atoms with Crippen molar-refractivity contribution >= 4 is 63.8 Å². The molecule has 1 aliphatic rings. The van der Waals surface area contributed by atoms with Crippen LogP contribution in [0.1, 0.15) is 29.8 Å². The molecule has 1 aliphatic heterocycles. The second-order valence-electron chi connectivity index (χ2n) is 7.65. The highest BCUT2D eigenvalue weighted by atomic mass is 35.5. The molecule has 4 rings (SSSR count). The highest BCUT2D eigenvalue weighted by Crippen LogP contribution is 2.41. The summed E-state index contributed by atoms with van der Waals surface area (Å²) >= 11 is 24.2. The third-order valence-corrected chi connectivity index (χ3v) is 6.82. The first-order valence-electron chi connectivity index (χ1n) is 9.84. The van der Waals surface area contributed by atoms with Crippen LogP contribution in [0.5, 0.6) is 0 Å². The smallest absolute Gasteiger partial charge is 0.351 e. The monoisotopic (exact) mass is 548 g/mol. The number of nitrogens with one attached hydrogen (secondary N) is 1. The van der Waals surface area contributed by atoms with E-state index in [4.69, 9.17) is 46.4 Å². The van der Waals surface area contributed by atoms with Crippen molar-refractivity contribution in [2.24, 2.45) is 10.9 Å². The Morgan fingerprint density at radius 3 is 2.26 bits per heavy atom. The molecule has 34 heavy (non-hydrogen) atoms. The number of rotatable bonds is 4. The average Bonchev–Trinajstić information content (AvgIpc) is 3.19. The van der Waals surface area contributed by atoms with Crippen LogP contribution in [0.25, 0.3) is 0 Å². The molecule has 0 bridgehead atoms. The van der Waals surface area contributed by atoms with Crippen molar-refractivity contribution in [1.29, 1.82) is 0 Å². The van der Waals surface area contributed by atoms with E-state index in [-0.39, 0.29) is 22.4 Å². The van der Waals surface area contributed by atoms with Crippen molar-refractivity contribution in [2.45, 2.75) is 25.7 Å². The van der Waals surface area contributed by atoms with Gasteiger partial charge >= 0.3 is 6.18 Å². The lowest BCUT2D eigenvalue weighted by atomic mass is 9.87. The van der Waals surface area contributed by atoms with Gasteiger partial charge in [-0.2, -0.15) is 18.3 Å². The minimum atomic E-state index is -4.68. The van der Waals surface area contributed by atoms with Crippen molar-refractivity contribution in [1.82, 2.24) is 15.1 Å². The van der Waals surface area contributed by atoms with Crippen LogP contribution in [0.15, 0.2) is 47.5 Å². The molecular weight excluding hydrogens is 535 g/mol. The third kappa shape index (κ3) is 4.91. The van der Waals surface area contributed by atoms with Gasteiger partial charge in [0.2, 0.25) is 5.91 Å². The Bertz CT molecular complexity index is 1310. The first-order valence-corrected chi connectivity index (χ1v) is 11.4. The summed E-state index contributed by atoms with van der Waals surface area (Å²) in [6.45, 7) is 1.70. The van der Waals surface area contributed by atoms with Crippen LogP contribution in [0.2, 0.25) is 20.1 Å². The second-order valence-corrected chi connectivity index (χ2v) is 9.27. The summed E-state index contributed by atoms with van der Waals surface area (Å²) < 4.78 is 41.2. The van der Waals surface area contributed by atoms with Gasteiger partial charge in [-0.05, 0) is 42.3 Å². The van der Waals surface area contributed by atoms with Crippen LogP contribution in [0.4, 0.5) is 19.0 Å². The minimum absolute atomic E-state index is 0.0190. The van der Waals surface area contributed by atoms with E-state index in [1.165, 1.54) is 12.1 Å². The SMILES string of the molecule is CC1=Nc2cc(C(F)(F)F)nn2C(c2ccc(Cl)c(Cl)c2)C1C(=O)NCc1ccc(Cl)c(Cl)c1. The van der Waals surface area contributed by atoms with E-state index >= 15 is 0 Å². The van der Waals surface area contributed by atoms with Gasteiger partial charge in [0, 0.05) is 18.3 Å². The van der Waals surface area contributed by atoms with Gasteiger partial charge in [-0.3, -0.25) is 4.79 Å². The predicted octanol–water partition coefficient (Wildman–Crippen LogP) is 7.14. The van der Waals surface area contributed by atoms with Gasteiger partial charge in [0.05, 0.1) is 26.1 Å². The molecular formula is C22H15Cl4F3N4O. The maximum Gasteiger partial charge on any atom is 0.435 e. The summed E-state index contributed by atoms with van der Waals surface area (Å²) in [6, 6.07) is 9.44. The maximum atomic E-state index is 13.4. The molecule has 1 aromatic heterocycles. The number of hydrogen-bond acceptors (Lipinski definition) is 3. The Kier molecular flexibility index (Phi) is 6.88. The van der Waals surface area contributed by atoms with Crippen LogP contribution in [-0.2, 0) is 17.5 Å². The highest BCUT2D eigenvalue weighted by Gasteiger charge is 2.42. The summed E-state index contributed by atoms with van der Waals surface area (Å²) in [5.74, 6) is -1.44. The zero-order chi connectivity index (χ0) is 24.8. The van der Waals surface area contributed by atoms with Crippen molar-refractivity contribution in [3.05, 3.63) is 79.4 Å². The van der Waals surface area contributed by atoms with Gasteiger partial charge in [-0.25, -0.2) is 9.67 Å². The van der Waals surface area contributed by atoms with Gasteiger partial charge in [0.1, 0.15) is 5.92 Å². The Morgan fingerprint density at radius 1 is 1.00 bits per heavy atom. The summed E-state index contributed by atoms with van der Waals surface area (Å²) in [5, 5.41) is 7.70. The van der Waals surface area contributed by atoms with E-state index in [0.717, 1.165) is 10.7 Å². The Labute approximate surface area is 212 Å². The van der Waals surface area contributed by atoms with Gasteiger partial charge in [0.25, 0.3) is 0 Å². The number of hydrogen-bond donors (Lipinski definition) is 1. The zero-order valence-corrected chi connectivity index (χ0v) is 20.3. The van der Waals surface area contributed by atoms with Gasteiger partial charge < -0.3 is 5.32 Å². The lowest BCUT2D eigenvalue weighted by Crippen LogP contribution is -2.42. The number of aromatic nitrogens is 2. The number of alkyl halides is 3. The van der Waals surface area contributed by atoms with Crippen molar-refractivity contribution in [3.63, 3.8) is 0 Å². The number of fused-ring (bicyclic) bond motifs is 1. The molecule has 178 valence electrons. The molecule has 1 N–H and O–H groups in total. The summed E-state index contributed by atoms with van der Waals surface area (Å²) in [7, 11) is 0. The maximum absolute atomic E-state index is 13.4. The lowest BCUT2D eigenvalue weighted by molar-refractivity contribution is -0.141. The molecule has 3 aromatic rings.